The van der Waals surface area contributed by atoms with Gasteiger partial charge in [-0.25, -0.2) is 4.98 Å². The maximum atomic E-state index is 12.7. The third kappa shape index (κ3) is 1.99. The van der Waals surface area contributed by atoms with Crippen molar-refractivity contribution in [1.82, 2.24) is 9.55 Å². The fourth-order valence-electron chi connectivity index (χ4n) is 2.90. The van der Waals surface area contributed by atoms with Gasteiger partial charge in [0.1, 0.15) is 5.82 Å². The molecule has 1 saturated carbocycles. The average molecular weight is 254 g/mol. The third-order valence-corrected chi connectivity index (χ3v) is 4.31. The van der Waals surface area contributed by atoms with Crippen LogP contribution < -0.4 is 0 Å². The molecule has 3 nitrogen and oxygen atoms in total. The van der Waals surface area contributed by atoms with Crippen molar-refractivity contribution < 1.29 is 4.79 Å². The number of rotatable bonds is 4. The summed E-state index contributed by atoms with van der Waals surface area (Å²) in [7, 11) is 1.94. The van der Waals surface area contributed by atoms with Crippen LogP contribution in [-0.2, 0) is 23.7 Å². The number of nitrogens with zero attached hydrogens (tertiary/aromatic N) is 2. The predicted octanol–water partition coefficient (Wildman–Crippen LogP) is 2.65. The zero-order valence-electron chi connectivity index (χ0n) is 11.2. The first-order valence-corrected chi connectivity index (χ1v) is 6.77. The minimum atomic E-state index is -0.257. The molecule has 1 aromatic carbocycles. The summed E-state index contributed by atoms with van der Waals surface area (Å²) in [6, 6.07) is 10.2. The standard InChI is InChI=1S/C16H18N2O/c1-18-11-10-17-15(18)12-14(19)16(8-5-9-16)13-6-3-2-4-7-13/h2-4,6-7,10-11H,5,8-9,12H2,1H3. The minimum Gasteiger partial charge on any atom is -0.338 e. The highest BCUT2D eigenvalue weighted by molar-refractivity contribution is 5.92. The van der Waals surface area contributed by atoms with E-state index in [1.807, 2.05) is 36.0 Å². The molecule has 0 amide bonds. The van der Waals surface area contributed by atoms with Crippen LogP contribution in [0.2, 0.25) is 0 Å². The Kier molecular flexibility index (Phi) is 2.97. The normalized spacial score (nSPS) is 16.9. The number of carbonyl (C=O) groups is 1. The van der Waals surface area contributed by atoms with Gasteiger partial charge in [0.15, 0.2) is 5.78 Å². The Hall–Kier alpha value is -1.90. The van der Waals surface area contributed by atoms with E-state index in [4.69, 9.17) is 0 Å². The van der Waals surface area contributed by atoms with E-state index in [1.54, 1.807) is 6.20 Å². The van der Waals surface area contributed by atoms with E-state index in [0.717, 1.165) is 25.1 Å². The molecule has 0 bridgehead atoms. The van der Waals surface area contributed by atoms with Crippen molar-refractivity contribution >= 4 is 5.78 Å². The summed E-state index contributed by atoms with van der Waals surface area (Å²) < 4.78 is 1.93. The van der Waals surface area contributed by atoms with Gasteiger partial charge in [0, 0.05) is 19.4 Å². The molecule has 0 radical (unpaired) electrons. The summed E-state index contributed by atoms with van der Waals surface area (Å²) >= 11 is 0. The molecule has 1 fully saturated rings. The molecule has 2 aromatic rings. The zero-order chi connectivity index (χ0) is 13.3. The molecular weight excluding hydrogens is 236 g/mol. The van der Waals surface area contributed by atoms with Gasteiger partial charge in [-0.1, -0.05) is 36.8 Å². The van der Waals surface area contributed by atoms with Crippen LogP contribution in [0.25, 0.3) is 0 Å². The monoisotopic (exact) mass is 254 g/mol. The summed E-state index contributed by atoms with van der Waals surface area (Å²) in [5.74, 6) is 1.16. The van der Waals surface area contributed by atoms with Crippen LogP contribution >= 0.6 is 0 Å². The summed E-state index contributed by atoms with van der Waals surface area (Å²) in [5.41, 5.74) is 0.910. The average Bonchev–Trinajstić information content (AvgIpc) is 2.75. The molecule has 0 aliphatic heterocycles. The van der Waals surface area contributed by atoms with E-state index in [2.05, 4.69) is 17.1 Å². The Morgan fingerprint density at radius 3 is 2.58 bits per heavy atom. The van der Waals surface area contributed by atoms with Gasteiger partial charge in [-0.2, -0.15) is 0 Å². The number of imidazole rings is 1. The fraction of sp³-hybridized carbons (Fsp3) is 0.375. The van der Waals surface area contributed by atoms with E-state index in [0.29, 0.717) is 12.2 Å². The van der Waals surface area contributed by atoms with Gasteiger partial charge >= 0.3 is 0 Å². The lowest BCUT2D eigenvalue weighted by Gasteiger charge is -2.41. The number of Topliss-reactive ketones (excluding diaryl/α,β-unsaturated/α-hetero) is 1. The van der Waals surface area contributed by atoms with Crippen LogP contribution in [0.15, 0.2) is 42.7 Å². The Labute approximate surface area is 113 Å². The Morgan fingerprint density at radius 2 is 2.05 bits per heavy atom. The highest BCUT2D eigenvalue weighted by Gasteiger charge is 2.45. The first kappa shape index (κ1) is 12.2. The Balaban J connectivity index is 1.87. The quantitative estimate of drug-likeness (QED) is 0.840. The minimum absolute atomic E-state index is 0.257. The molecule has 98 valence electrons. The molecule has 1 heterocycles. The molecule has 3 heteroatoms. The molecule has 0 N–H and O–H groups in total. The number of ketones is 1. The maximum Gasteiger partial charge on any atom is 0.150 e. The highest BCUT2D eigenvalue weighted by Crippen LogP contribution is 2.44. The lowest BCUT2D eigenvalue weighted by atomic mass is 9.61. The second-order valence-corrected chi connectivity index (χ2v) is 5.36. The SMILES string of the molecule is Cn1ccnc1CC(=O)C1(c2ccccc2)CCC1. The second kappa shape index (κ2) is 4.65. The van der Waals surface area contributed by atoms with Crippen molar-refractivity contribution in [3.05, 3.63) is 54.1 Å². The molecule has 19 heavy (non-hydrogen) atoms. The molecular formula is C16H18N2O. The first-order valence-electron chi connectivity index (χ1n) is 6.77. The van der Waals surface area contributed by atoms with E-state index in [-0.39, 0.29) is 5.41 Å². The van der Waals surface area contributed by atoms with E-state index >= 15 is 0 Å². The maximum absolute atomic E-state index is 12.7. The topological polar surface area (TPSA) is 34.9 Å². The Morgan fingerprint density at radius 1 is 1.32 bits per heavy atom. The van der Waals surface area contributed by atoms with Crippen molar-refractivity contribution in [2.24, 2.45) is 7.05 Å². The summed E-state index contributed by atoms with van der Waals surface area (Å²) in [5, 5.41) is 0. The molecule has 0 saturated heterocycles. The van der Waals surface area contributed by atoms with Crippen molar-refractivity contribution in [1.29, 1.82) is 0 Å². The van der Waals surface area contributed by atoms with Crippen molar-refractivity contribution in [3.63, 3.8) is 0 Å². The summed E-state index contributed by atoms with van der Waals surface area (Å²) in [6.45, 7) is 0. The van der Waals surface area contributed by atoms with E-state index in [9.17, 15) is 4.79 Å². The Bertz CT molecular complexity index is 582. The van der Waals surface area contributed by atoms with Gasteiger partial charge in [-0.3, -0.25) is 4.79 Å². The van der Waals surface area contributed by atoms with E-state index < -0.39 is 0 Å². The lowest BCUT2D eigenvalue weighted by molar-refractivity contribution is -0.127. The van der Waals surface area contributed by atoms with Crippen LogP contribution in [0.5, 0.6) is 0 Å². The van der Waals surface area contributed by atoms with Crippen LogP contribution in [0.3, 0.4) is 0 Å². The van der Waals surface area contributed by atoms with Crippen LogP contribution in [-0.4, -0.2) is 15.3 Å². The largest absolute Gasteiger partial charge is 0.338 e. The van der Waals surface area contributed by atoms with Gasteiger partial charge in [0.05, 0.1) is 11.8 Å². The lowest BCUT2D eigenvalue weighted by Crippen LogP contribution is -2.43. The number of hydrogen-bond acceptors (Lipinski definition) is 2. The third-order valence-electron chi connectivity index (χ3n) is 4.31. The van der Waals surface area contributed by atoms with Gasteiger partial charge in [0.2, 0.25) is 0 Å². The smallest absolute Gasteiger partial charge is 0.150 e. The summed E-state index contributed by atoms with van der Waals surface area (Å²) in [4.78, 5) is 17.0. The highest BCUT2D eigenvalue weighted by atomic mass is 16.1. The number of hydrogen-bond donors (Lipinski definition) is 0. The van der Waals surface area contributed by atoms with Gasteiger partial charge in [0.25, 0.3) is 0 Å². The van der Waals surface area contributed by atoms with Crippen LogP contribution in [0.4, 0.5) is 0 Å². The predicted molar refractivity (Wildman–Crippen MR) is 73.9 cm³/mol. The number of benzene rings is 1. The number of aromatic nitrogens is 2. The van der Waals surface area contributed by atoms with Gasteiger partial charge in [-0.05, 0) is 18.4 Å². The number of aryl methyl sites for hydroxylation is 1. The molecule has 1 aliphatic carbocycles. The molecule has 0 atom stereocenters. The van der Waals surface area contributed by atoms with Gasteiger partial charge in [-0.15, -0.1) is 0 Å². The van der Waals surface area contributed by atoms with Crippen molar-refractivity contribution in [2.75, 3.05) is 0 Å². The first-order chi connectivity index (χ1) is 9.22. The molecule has 3 rings (SSSR count). The van der Waals surface area contributed by atoms with E-state index in [1.165, 1.54) is 5.56 Å². The van der Waals surface area contributed by atoms with Crippen molar-refractivity contribution in [3.8, 4) is 0 Å². The van der Waals surface area contributed by atoms with Crippen molar-refractivity contribution in [2.45, 2.75) is 31.1 Å². The fourth-order valence-corrected chi connectivity index (χ4v) is 2.90. The number of carbonyl (C=O) groups excluding carboxylic acids is 1. The van der Waals surface area contributed by atoms with Gasteiger partial charge < -0.3 is 4.57 Å². The molecule has 1 aliphatic rings. The second-order valence-electron chi connectivity index (χ2n) is 5.36. The zero-order valence-corrected chi connectivity index (χ0v) is 11.2. The summed E-state index contributed by atoms with van der Waals surface area (Å²) in [6.07, 6.45) is 7.15. The van der Waals surface area contributed by atoms with Crippen LogP contribution in [0.1, 0.15) is 30.7 Å². The molecule has 0 unspecified atom stereocenters. The van der Waals surface area contributed by atoms with Crippen LogP contribution in [0, 0.1) is 0 Å². The molecule has 0 spiro atoms. The molecule has 1 aromatic heterocycles.